The standard InChI is InChI=1S/C18H20N2O2/c1-2-13(21)10-11-3-4-12(9-11)14-5-6-16(18(19)22)17-15(14)7-8-20-17/h2,5-8,11-12,20H,1,3-4,9-10H2,(H2,19,22)/t11-,12+/m0/s1. The molecule has 0 bridgehead atoms. The number of carbonyl (C=O) groups excluding carboxylic acids is 2. The molecule has 1 aliphatic carbocycles. The fourth-order valence-electron chi connectivity index (χ4n) is 3.65. The van der Waals surface area contributed by atoms with Gasteiger partial charge in [0.15, 0.2) is 5.78 Å². The van der Waals surface area contributed by atoms with Crippen LogP contribution in [0, 0.1) is 5.92 Å². The van der Waals surface area contributed by atoms with Crippen molar-refractivity contribution < 1.29 is 9.59 Å². The zero-order valence-electron chi connectivity index (χ0n) is 12.5. The second kappa shape index (κ2) is 5.79. The van der Waals surface area contributed by atoms with Crippen molar-refractivity contribution >= 4 is 22.6 Å². The van der Waals surface area contributed by atoms with E-state index in [2.05, 4.69) is 11.6 Å². The Bertz CT molecular complexity index is 745. The summed E-state index contributed by atoms with van der Waals surface area (Å²) >= 11 is 0. The number of aromatic nitrogens is 1. The van der Waals surface area contributed by atoms with E-state index in [0.29, 0.717) is 23.8 Å². The van der Waals surface area contributed by atoms with Gasteiger partial charge in [-0.05, 0) is 54.9 Å². The lowest BCUT2D eigenvalue weighted by molar-refractivity contribution is -0.115. The molecule has 1 aliphatic rings. The van der Waals surface area contributed by atoms with E-state index in [0.717, 1.165) is 30.2 Å². The van der Waals surface area contributed by atoms with E-state index in [-0.39, 0.29) is 5.78 Å². The predicted octanol–water partition coefficient (Wildman–Crippen LogP) is 3.30. The first-order valence-corrected chi connectivity index (χ1v) is 7.65. The molecule has 114 valence electrons. The van der Waals surface area contributed by atoms with E-state index in [1.54, 1.807) is 6.07 Å². The Morgan fingerprint density at radius 1 is 1.32 bits per heavy atom. The largest absolute Gasteiger partial charge is 0.366 e. The molecular formula is C18H20N2O2. The van der Waals surface area contributed by atoms with Crippen LogP contribution in [0.4, 0.5) is 0 Å². The lowest BCUT2D eigenvalue weighted by atomic mass is 9.91. The Kier molecular flexibility index (Phi) is 3.84. The van der Waals surface area contributed by atoms with E-state index in [4.69, 9.17) is 5.73 Å². The Morgan fingerprint density at radius 2 is 2.14 bits per heavy atom. The minimum Gasteiger partial charge on any atom is -0.366 e. The van der Waals surface area contributed by atoms with Gasteiger partial charge in [0.05, 0.1) is 11.1 Å². The number of fused-ring (bicyclic) bond motifs is 1. The van der Waals surface area contributed by atoms with Gasteiger partial charge in [-0.15, -0.1) is 0 Å². The lowest BCUT2D eigenvalue weighted by Gasteiger charge is -2.13. The summed E-state index contributed by atoms with van der Waals surface area (Å²) in [4.78, 5) is 26.2. The number of hydrogen-bond donors (Lipinski definition) is 2. The predicted molar refractivity (Wildman–Crippen MR) is 86.7 cm³/mol. The molecule has 1 saturated carbocycles. The van der Waals surface area contributed by atoms with Crippen molar-refractivity contribution in [2.24, 2.45) is 11.7 Å². The number of nitrogens with two attached hydrogens (primary N) is 1. The number of ketones is 1. The fraction of sp³-hybridized carbons (Fsp3) is 0.333. The molecule has 3 rings (SSSR count). The minimum absolute atomic E-state index is 0.126. The summed E-state index contributed by atoms with van der Waals surface area (Å²) in [6, 6.07) is 5.82. The Hall–Kier alpha value is -2.36. The van der Waals surface area contributed by atoms with Crippen molar-refractivity contribution in [3.8, 4) is 0 Å². The van der Waals surface area contributed by atoms with Crippen molar-refractivity contribution in [1.82, 2.24) is 4.98 Å². The summed E-state index contributed by atoms with van der Waals surface area (Å²) in [6.07, 6.45) is 7.00. The Labute approximate surface area is 129 Å². The molecule has 2 aromatic rings. The summed E-state index contributed by atoms with van der Waals surface area (Å²) in [7, 11) is 0. The molecule has 4 heteroatoms. The molecule has 1 aromatic carbocycles. The number of primary amides is 1. The van der Waals surface area contributed by atoms with Gasteiger partial charge in [-0.2, -0.15) is 0 Å². The third-order valence-corrected chi connectivity index (χ3v) is 4.72. The highest BCUT2D eigenvalue weighted by atomic mass is 16.1. The van der Waals surface area contributed by atoms with Crippen LogP contribution in [0.2, 0.25) is 0 Å². The second-order valence-electron chi connectivity index (χ2n) is 6.08. The first-order chi connectivity index (χ1) is 10.6. The maximum Gasteiger partial charge on any atom is 0.250 e. The minimum atomic E-state index is -0.417. The van der Waals surface area contributed by atoms with Crippen LogP contribution in [0.15, 0.2) is 37.1 Å². The molecule has 0 aliphatic heterocycles. The number of aromatic amines is 1. The van der Waals surface area contributed by atoms with Gasteiger partial charge in [-0.1, -0.05) is 12.6 Å². The van der Waals surface area contributed by atoms with Crippen LogP contribution in [-0.2, 0) is 4.79 Å². The first-order valence-electron chi connectivity index (χ1n) is 7.65. The number of benzene rings is 1. The molecule has 1 aromatic heterocycles. The summed E-state index contributed by atoms with van der Waals surface area (Å²) < 4.78 is 0. The summed E-state index contributed by atoms with van der Waals surface area (Å²) in [5.41, 5.74) is 8.02. The average molecular weight is 296 g/mol. The van der Waals surface area contributed by atoms with E-state index >= 15 is 0 Å². The normalized spacial score (nSPS) is 21.1. The summed E-state index contributed by atoms with van der Waals surface area (Å²) in [5.74, 6) is 0.574. The van der Waals surface area contributed by atoms with Crippen molar-refractivity contribution in [2.45, 2.75) is 31.6 Å². The number of carbonyl (C=O) groups is 2. The van der Waals surface area contributed by atoms with Gasteiger partial charge in [0.2, 0.25) is 0 Å². The second-order valence-corrected chi connectivity index (χ2v) is 6.08. The molecule has 0 saturated heterocycles. The number of amides is 1. The number of H-pyrrole nitrogens is 1. The zero-order chi connectivity index (χ0) is 15.7. The highest BCUT2D eigenvalue weighted by Crippen LogP contribution is 2.42. The smallest absolute Gasteiger partial charge is 0.250 e. The number of nitrogens with one attached hydrogen (secondary N) is 1. The average Bonchev–Trinajstić information content (AvgIpc) is 3.14. The maximum absolute atomic E-state index is 11.5. The van der Waals surface area contributed by atoms with Crippen LogP contribution < -0.4 is 5.73 Å². The SMILES string of the molecule is C=CC(=O)C[C@H]1CC[C@@H](c2ccc(C(N)=O)c3[nH]ccc23)C1. The van der Waals surface area contributed by atoms with Crippen molar-refractivity contribution in [3.63, 3.8) is 0 Å². The number of rotatable bonds is 5. The van der Waals surface area contributed by atoms with Gasteiger partial charge in [0.1, 0.15) is 0 Å². The van der Waals surface area contributed by atoms with E-state index in [1.807, 2.05) is 18.3 Å². The van der Waals surface area contributed by atoms with Gasteiger partial charge in [0.25, 0.3) is 5.91 Å². The Morgan fingerprint density at radius 3 is 2.86 bits per heavy atom. The molecule has 1 fully saturated rings. The van der Waals surface area contributed by atoms with Crippen LogP contribution in [-0.4, -0.2) is 16.7 Å². The van der Waals surface area contributed by atoms with Crippen LogP contribution in [0.3, 0.4) is 0 Å². The lowest BCUT2D eigenvalue weighted by Crippen LogP contribution is -2.12. The first kappa shape index (κ1) is 14.6. The molecular weight excluding hydrogens is 276 g/mol. The van der Waals surface area contributed by atoms with E-state index in [1.165, 1.54) is 11.6 Å². The van der Waals surface area contributed by atoms with Crippen molar-refractivity contribution in [1.29, 1.82) is 0 Å². The highest BCUT2D eigenvalue weighted by molar-refractivity contribution is 6.05. The van der Waals surface area contributed by atoms with Gasteiger partial charge in [0, 0.05) is 18.0 Å². The van der Waals surface area contributed by atoms with Crippen LogP contribution in [0.25, 0.3) is 10.9 Å². The number of hydrogen-bond acceptors (Lipinski definition) is 2. The molecule has 4 nitrogen and oxygen atoms in total. The zero-order valence-corrected chi connectivity index (χ0v) is 12.5. The summed E-state index contributed by atoms with van der Waals surface area (Å²) in [6.45, 7) is 3.54. The molecule has 3 N–H and O–H groups in total. The maximum atomic E-state index is 11.5. The third kappa shape index (κ3) is 2.56. The molecule has 0 unspecified atom stereocenters. The Balaban J connectivity index is 1.87. The highest BCUT2D eigenvalue weighted by Gasteiger charge is 2.28. The molecule has 1 amide bonds. The van der Waals surface area contributed by atoms with Crippen molar-refractivity contribution in [2.75, 3.05) is 0 Å². The van der Waals surface area contributed by atoms with E-state index in [9.17, 15) is 9.59 Å². The number of allylic oxidation sites excluding steroid dienone is 1. The third-order valence-electron chi connectivity index (χ3n) is 4.72. The molecule has 22 heavy (non-hydrogen) atoms. The van der Waals surface area contributed by atoms with Crippen molar-refractivity contribution in [3.05, 3.63) is 48.2 Å². The van der Waals surface area contributed by atoms with E-state index < -0.39 is 5.91 Å². The van der Waals surface area contributed by atoms with Gasteiger partial charge < -0.3 is 10.7 Å². The van der Waals surface area contributed by atoms with Crippen LogP contribution in [0.1, 0.15) is 47.5 Å². The molecule has 0 spiro atoms. The monoisotopic (exact) mass is 296 g/mol. The topological polar surface area (TPSA) is 76.0 Å². The molecule has 1 heterocycles. The van der Waals surface area contributed by atoms with Crippen LogP contribution >= 0.6 is 0 Å². The molecule has 0 radical (unpaired) electrons. The fourth-order valence-corrected chi connectivity index (χ4v) is 3.65. The van der Waals surface area contributed by atoms with Gasteiger partial charge in [-0.3, -0.25) is 9.59 Å². The quantitative estimate of drug-likeness (QED) is 0.831. The van der Waals surface area contributed by atoms with Gasteiger partial charge >= 0.3 is 0 Å². The van der Waals surface area contributed by atoms with Gasteiger partial charge in [-0.25, -0.2) is 0 Å². The van der Waals surface area contributed by atoms with Crippen LogP contribution in [0.5, 0.6) is 0 Å². The summed E-state index contributed by atoms with van der Waals surface area (Å²) in [5, 5.41) is 1.07. The molecule has 2 atom stereocenters.